The number of aliphatic hydroxyl groups is 1. The van der Waals surface area contributed by atoms with Crippen LogP contribution in [-0.4, -0.2) is 36.0 Å². The van der Waals surface area contributed by atoms with E-state index < -0.39 is 5.82 Å². The number of rotatable bonds is 6. The summed E-state index contributed by atoms with van der Waals surface area (Å²) in [6.07, 6.45) is 10.6. The Kier molecular flexibility index (Phi) is 3.78. The van der Waals surface area contributed by atoms with Crippen LogP contribution in [0.25, 0.3) is 27.8 Å². The average molecular weight is 366 g/mol. The number of nitrogens with zero attached hydrogens (tertiary/aromatic N) is 4. The van der Waals surface area contributed by atoms with Crippen LogP contribution in [0.1, 0.15) is 25.0 Å². The molecule has 4 aromatic rings. The number of hydrogen-bond acceptors (Lipinski definition) is 5. The maximum atomic E-state index is 14.4. The van der Waals surface area contributed by atoms with Gasteiger partial charge in [0, 0.05) is 41.6 Å². The zero-order valence-corrected chi connectivity index (χ0v) is 14.6. The molecule has 0 saturated heterocycles. The van der Waals surface area contributed by atoms with Crippen LogP contribution in [0.5, 0.6) is 0 Å². The van der Waals surface area contributed by atoms with Crippen molar-refractivity contribution >= 4 is 22.6 Å². The minimum absolute atomic E-state index is 0.195. The molecule has 0 aliphatic heterocycles. The number of pyridine rings is 1. The number of aromatic nitrogens is 5. The molecule has 4 aromatic heterocycles. The number of fused-ring (bicyclic) bond motifs is 2. The number of aliphatic hydroxyl groups excluding tert-OH is 1. The van der Waals surface area contributed by atoms with Crippen molar-refractivity contribution in [2.24, 2.45) is 5.92 Å². The average Bonchev–Trinajstić information content (AvgIpc) is 3.25. The summed E-state index contributed by atoms with van der Waals surface area (Å²) in [5.41, 5.74) is 2.89. The van der Waals surface area contributed by atoms with E-state index in [-0.39, 0.29) is 12.3 Å². The zero-order valence-electron chi connectivity index (χ0n) is 14.6. The molecule has 0 bridgehead atoms. The van der Waals surface area contributed by atoms with Crippen molar-refractivity contribution in [2.75, 3.05) is 11.9 Å². The first-order chi connectivity index (χ1) is 13.2. The van der Waals surface area contributed by atoms with Gasteiger partial charge in [-0.2, -0.15) is 4.98 Å². The lowest BCUT2D eigenvalue weighted by Gasteiger charge is -2.06. The Morgan fingerprint density at radius 3 is 3.00 bits per heavy atom. The van der Waals surface area contributed by atoms with E-state index in [2.05, 4.69) is 25.3 Å². The van der Waals surface area contributed by atoms with Gasteiger partial charge in [-0.05, 0) is 18.4 Å². The van der Waals surface area contributed by atoms with Gasteiger partial charge in [0.1, 0.15) is 5.65 Å². The number of hydrogen-bond donors (Lipinski definition) is 3. The smallest absolute Gasteiger partial charge is 0.224 e. The Morgan fingerprint density at radius 1 is 1.30 bits per heavy atom. The monoisotopic (exact) mass is 366 g/mol. The van der Waals surface area contributed by atoms with E-state index in [4.69, 9.17) is 0 Å². The number of imidazole rings is 1. The van der Waals surface area contributed by atoms with Crippen molar-refractivity contribution in [2.45, 2.75) is 25.9 Å². The van der Waals surface area contributed by atoms with Crippen molar-refractivity contribution in [3.05, 3.63) is 42.4 Å². The summed E-state index contributed by atoms with van der Waals surface area (Å²) >= 11 is 0. The molecule has 8 heteroatoms. The second-order valence-corrected chi connectivity index (χ2v) is 7.00. The van der Waals surface area contributed by atoms with E-state index in [9.17, 15) is 9.50 Å². The Hall–Kier alpha value is -3.00. The van der Waals surface area contributed by atoms with Crippen LogP contribution in [0.4, 0.5) is 10.3 Å². The molecule has 3 N–H and O–H groups in total. The molecule has 138 valence electrons. The highest BCUT2D eigenvalue weighted by atomic mass is 19.1. The van der Waals surface area contributed by atoms with Gasteiger partial charge in [-0.1, -0.05) is 12.8 Å². The first kappa shape index (κ1) is 16.2. The van der Waals surface area contributed by atoms with Gasteiger partial charge >= 0.3 is 0 Å². The second-order valence-electron chi connectivity index (χ2n) is 7.00. The molecule has 0 unspecified atom stereocenters. The highest BCUT2D eigenvalue weighted by Gasteiger charge is 2.20. The number of halogens is 1. The van der Waals surface area contributed by atoms with Gasteiger partial charge in [0.25, 0.3) is 0 Å². The molecule has 0 aromatic carbocycles. The molecule has 1 aliphatic rings. The first-order valence-electron chi connectivity index (χ1n) is 9.07. The summed E-state index contributed by atoms with van der Waals surface area (Å²) in [4.78, 5) is 16.1. The van der Waals surface area contributed by atoms with Crippen molar-refractivity contribution < 1.29 is 9.50 Å². The fourth-order valence-electron chi connectivity index (χ4n) is 3.38. The summed E-state index contributed by atoms with van der Waals surface area (Å²) in [5.74, 6) is 1.01. The minimum Gasteiger partial charge on any atom is -0.390 e. The third kappa shape index (κ3) is 2.91. The van der Waals surface area contributed by atoms with Gasteiger partial charge in [0.2, 0.25) is 5.95 Å². The summed E-state index contributed by atoms with van der Waals surface area (Å²) in [5, 5.41) is 13.5. The molecule has 1 saturated carbocycles. The first-order valence-corrected chi connectivity index (χ1v) is 9.07. The number of aromatic amines is 1. The van der Waals surface area contributed by atoms with Crippen molar-refractivity contribution in [3.63, 3.8) is 0 Å². The molecular formula is C19H19FN6O. The van der Waals surface area contributed by atoms with Crippen LogP contribution in [0.2, 0.25) is 0 Å². The summed E-state index contributed by atoms with van der Waals surface area (Å²) in [7, 11) is 0. The normalized spacial score (nSPS) is 14.3. The maximum Gasteiger partial charge on any atom is 0.224 e. The standard InChI is InChI=1S/C19H19FN6O/c20-16-5-12(9-26-13(10-27)6-23-18(16)26)14-7-22-17-15(14)8-24-19(25-17)21-4-3-11-1-2-11/h5-9,11,27H,1-4,10H2,(H2,21,22,24,25). The Morgan fingerprint density at radius 2 is 2.19 bits per heavy atom. The van der Waals surface area contributed by atoms with Crippen LogP contribution >= 0.6 is 0 Å². The molecule has 1 aliphatic carbocycles. The summed E-state index contributed by atoms with van der Waals surface area (Å²) in [6.45, 7) is 0.660. The zero-order chi connectivity index (χ0) is 18.4. The van der Waals surface area contributed by atoms with Gasteiger partial charge in [0.15, 0.2) is 11.5 Å². The molecule has 7 nitrogen and oxygen atoms in total. The lowest BCUT2D eigenvalue weighted by Crippen LogP contribution is -2.05. The highest BCUT2D eigenvalue weighted by Crippen LogP contribution is 2.32. The second kappa shape index (κ2) is 6.31. The maximum absolute atomic E-state index is 14.4. The predicted octanol–water partition coefficient (Wildman–Crippen LogP) is 3.12. The topological polar surface area (TPSA) is 91.1 Å². The van der Waals surface area contributed by atoms with Gasteiger partial charge in [-0.15, -0.1) is 0 Å². The summed E-state index contributed by atoms with van der Waals surface area (Å²) < 4.78 is 16.0. The van der Waals surface area contributed by atoms with Crippen LogP contribution in [-0.2, 0) is 6.61 Å². The Bertz CT molecular complexity index is 1130. The van der Waals surface area contributed by atoms with Crippen molar-refractivity contribution in [1.82, 2.24) is 24.3 Å². The lowest BCUT2D eigenvalue weighted by atomic mass is 10.1. The molecule has 0 atom stereocenters. The highest BCUT2D eigenvalue weighted by molar-refractivity contribution is 5.93. The van der Waals surface area contributed by atoms with Crippen LogP contribution in [0.3, 0.4) is 0 Å². The van der Waals surface area contributed by atoms with E-state index in [0.717, 1.165) is 29.8 Å². The number of H-pyrrole nitrogens is 1. The molecule has 0 spiro atoms. The third-order valence-electron chi connectivity index (χ3n) is 5.08. The van der Waals surface area contributed by atoms with Gasteiger partial charge in [-0.3, -0.25) is 4.40 Å². The van der Waals surface area contributed by atoms with Crippen LogP contribution in [0.15, 0.2) is 30.9 Å². The molecule has 5 rings (SSSR count). The van der Waals surface area contributed by atoms with Crippen LogP contribution < -0.4 is 5.32 Å². The quantitative estimate of drug-likeness (QED) is 0.488. The predicted molar refractivity (Wildman–Crippen MR) is 99.8 cm³/mol. The third-order valence-corrected chi connectivity index (χ3v) is 5.08. The fourth-order valence-corrected chi connectivity index (χ4v) is 3.38. The van der Waals surface area contributed by atoms with Crippen molar-refractivity contribution in [1.29, 1.82) is 0 Å². The Balaban J connectivity index is 1.50. The van der Waals surface area contributed by atoms with Gasteiger partial charge in [-0.25, -0.2) is 14.4 Å². The van der Waals surface area contributed by atoms with Gasteiger partial charge in [0.05, 0.1) is 18.5 Å². The number of anilines is 1. The van der Waals surface area contributed by atoms with E-state index >= 15 is 0 Å². The van der Waals surface area contributed by atoms with Crippen LogP contribution in [0, 0.1) is 11.7 Å². The molecular weight excluding hydrogens is 347 g/mol. The molecule has 4 heterocycles. The lowest BCUT2D eigenvalue weighted by molar-refractivity contribution is 0.276. The molecule has 0 amide bonds. The molecule has 0 radical (unpaired) electrons. The van der Waals surface area contributed by atoms with E-state index in [1.807, 2.05) is 0 Å². The molecule has 27 heavy (non-hydrogen) atoms. The van der Waals surface area contributed by atoms with E-state index in [0.29, 0.717) is 22.9 Å². The van der Waals surface area contributed by atoms with E-state index in [1.165, 1.54) is 25.1 Å². The fraction of sp³-hybridized carbons (Fsp3) is 0.316. The minimum atomic E-state index is -0.444. The Labute approximate surface area is 154 Å². The molecule has 1 fully saturated rings. The van der Waals surface area contributed by atoms with Gasteiger partial charge < -0.3 is 15.4 Å². The largest absolute Gasteiger partial charge is 0.390 e. The van der Waals surface area contributed by atoms with Crippen molar-refractivity contribution in [3.8, 4) is 11.1 Å². The van der Waals surface area contributed by atoms with E-state index in [1.54, 1.807) is 23.0 Å². The SMILES string of the molecule is OCc1cnc2c(F)cc(-c3c[nH]c4nc(NCCC5CC5)ncc34)cn12. The number of nitrogens with one attached hydrogen (secondary N) is 2. The summed E-state index contributed by atoms with van der Waals surface area (Å²) in [6, 6.07) is 1.44.